The van der Waals surface area contributed by atoms with Crippen molar-refractivity contribution in [1.82, 2.24) is 15.1 Å². The van der Waals surface area contributed by atoms with E-state index in [1.807, 2.05) is 30.5 Å². The summed E-state index contributed by atoms with van der Waals surface area (Å²) in [7, 11) is 0. The minimum absolute atomic E-state index is 0.457. The lowest BCUT2D eigenvalue weighted by molar-refractivity contribution is 0.239. The summed E-state index contributed by atoms with van der Waals surface area (Å²) in [6.07, 6.45) is 7.35. The van der Waals surface area contributed by atoms with Crippen molar-refractivity contribution in [2.75, 3.05) is 13.2 Å². The van der Waals surface area contributed by atoms with Crippen LogP contribution in [-0.2, 0) is 0 Å². The van der Waals surface area contributed by atoms with Crippen LogP contribution in [-0.4, -0.2) is 29.0 Å². The van der Waals surface area contributed by atoms with Crippen molar-refractivity contribution in [3.63, 3.8) is 0 Å². The molecule has 20 heavy (non-hydrogen) atoms. The van der Waals surface area contributed by atoms with Gasteiger partial charge in [0.15, 0.2) is 5.75 Å². The molecule has 0 bridgehead atoms. The van der Waals surface area contributed by atoms with Crippen LogP contribution >= 0.6 is 11.6 Å². The second-order valence-electron chi connectivity index (χ2n) is 5.06. The zero-order chi connectivity index (χ0) is 13.8. The number of piperidine rings is 1. The SMILES string of the molecule is Clc1cccc(-n2cc(OCC3CCCCN3)cn2)c1. The Labute approximate surface area is 123 Å². The molecule has 2 heterocycles. The predicted octanol–water partition coefficient (Wildman–Crippen LogP) is 3.05. The van der Waals surface area contributed by atoms with Crippen molar-refractivity contribution in [3.8, 4) is 11.4 Å². The first-order valence-electron chi connectivity index (χ1n) is 6.98. The van der Waals surface area contributed by atoms with Crippen LogP contribution in [0.3, 0.4) is 0 Å². The maximum absolute atomic E-state index is 5.98. The van der Waals surface area contributed by atoms with E-state index in [2.05, 4.69) is 10.4 Å². The molecule has 1 saturated heterocycles. The van der Waals surface area contributed by atoms with Crippen molar-refractivity contribution in [3.05, 3.63) is 41.7 Å². The third-order valence-electron chi connectivity index (χ3n) is 3.50. The molecule has 0 aliphatic carbocycles. The smallest absolute Gasteiger partial charge is 0.157 e. The van der Waals surface area contributed by atoms with E-state index in [1.54, 1.807) is 10.9 Å². The molecule has 3 rings (SSSR count). The van der Waals surface area contributed by atoms with Gasteiger partial charge in [0.2, 0.25) is 0 Å². The Hall–Kier alpha value is -1.52. The normalized spacial score (nSPS) is 18.9. The molecule has 1 fully saturated rings. The summed E-state index contributed by atoms with van der Waals surface area (Å²) >= 11 is 5.98. The van der Waals surface area contributed by atoms with Gasteiger partial charge < -0.3 is 10.1 Å². The van der Waals surface area contributed by atoms with Gasteiger partial charge in [-0.25, -0.2) is 4.68 Å². The Kier molecular flexibility index (Phi) is 4.23. The highest BCUT2D eigenvalue weighted by atomic mass is 35.5. The number of hydrogen-bond donors (Lipinski definition) is 1. The molecule has 4 nitrogen and oxygen atoms in total. The van der Waals surface area contributed by atoms with Crippen molar-refractivity contribution < 1.29 is 4.74 Å². The van der Waals surface area contributed by atoms with Crippen LogP contribution in [0.25, 0.3) is 5.69 Å². The van der Waals surface area contributed by atoms with Gasteiger partial charge in [-0.15, -0.1) is 0 Å². The molecule has 1 unspecified atom stereocenters. The van der Waals surface area contributed by atoms with Crippen molar-refractivity contribution >= 4 is 11.6 Å². The molecule has 1 aromatic heterocycles. The number of ether oxygens (including phenoxy) is 1. The number of nitrogens with one attached hydrogen (secondary N) is 1. The van der Waals surface area contributed by atoms with Crippen LogP contribution in [0.2, 0.25) is 5.02 Å². The van der Waals surface area contributed by atoms with Crippen LogP contribution in [0.5, 0.6) is 5.75 Å². The number of benzene rings is 1. The standard InChI is InChI=1S/C15H18ClN3O/c16-12-4-3-6-14(8-12)19-10-15(9-18-19)20-11-13-5-1-2-7-17-13/h3-4,6,8-10,13,17H,1-2,5,7,11H2. The Morgan fingerprint density at radius 1 is 1.40 bits per heavy atom. The quantitative estimate of drug-likeness (QED) is 0.941. The molecule has 5 heteroatoms. The molecule has 1 atom stereocenters. The number of hydrogen-bond acceptors (Lipinski definition) is 3. The first-order valence-corrected chi connectivity index (χ1v) is 7.36. The van der Waals surface area contributed by atoms with E-state index in [0.717, 1.165) is 18.0 Å². The van der Waals surface area contributed by atoms with Gasteiger partial charge in [0.25, 0.3) is 0 Å². The molecule has 0 amide bonds. The maximum Gasteiger partial charge on any atom is 0.157 e. The summed E-state index contributed by atoms with van der Waals surface area (Å²) in [5.74, 6) is 0.789. The van der Waals surface area contributed by atoms with E-state index in [0.29, 0.717) is 17.7 Å². The number of aromatic nitrogens is 2. The minimum atomic E-state index is 0.457. The van der Waals surface area contributed by atoms with Gasteiger partial charge in [-0.05, 0) is 37.6 Å². The average Bonchev–Trinajstić information content (AvgIpc) is 2.95. The fourth-order valence-corrected chi connectivity index (χ4v) is 2.59. The van der Waals surface area contributed by atoms with Gasteiger partial charge in [-0.3, -0.25) is 0 Å². The summed E-state index contributed by atoms with van der Waals surface area (Å²) in [6.45, 7) is 1.79. The fourth-order valence-electron chi connectivity index (χ4n) is 2.40. The summed E-state index contributed by atoms with van der Waals surface area (Å²) in [4.78, 5) is 0. The van der Waals surface area contributed by atoms with Crippen molar-refractivity contribution in [2.45, 2.75) is 25.3 Å². The highest BCUT2D eigenvalue weighted by molar-refractivity contribution is 6.30. The lowest BCUT2D eigenvalue weighted by atomic mass is 10.1. The van der Waals surface area contributed by atoms with Crippen molar-refractivity contribution in [1.29, 1.82) is 0 Å². The maximum atomic E-state index is 5.98. The molecule has 0 radical (unpaired) electrons. The lowest BCUT2D eigenvalue weighted by Gasteiger charge is -2.22. The van der Waals surface area contributed by atoms with Gasteiger partial charge in [0.1, 0.15) is 6.61 Å². The summed E-state index contributed by atoms with van der Waals surface area (Å²) in [6, 6.07) is 8.05. The molecule has 106 valence electrons. The fraction of sp³-hybridized carbons (Fsp3) is 0.400. The van der Waals surface area contributed by atoms with Gasteiger partial charge in [0.05, 0.1) is 18.1 Å². The van der Waals surface area contributed by atoms with Crippen LogP contribution in [0.15, 0.2) is 36.7 Å². The zero-order valence-corrected chi connectivity index (χ0v) is 12.0. The van der Waals surface area contributed by atoms with Crippen LogP contribution in [0.4, 0.5) is 0 Å². The topological polar surface area (TPSA) is 39.1 Å². The molecule has 1 N–H and O–H groups in total. The molecule has 1 aliphatic heterocycles. The first-order chi connectivity index (χ1) is 9.81. The van der Waals surface area contributed by atoms with Crippen LogP contribution in [0, 0.1) is 0 Å². The predicted molar refractivity (Wildman–Crippen MR) is 79.7 cm³/mol. The minimum Gasteiger partial charge on any atom is -0.489 e. The molecule has 0 saturated carbocycles. The summed E-state index contributed by atoms with van der Waals surface area (Å²) < 4.78 is 7.57. The van der Waals surface area contributed by atoms with E-state index in [-0.39, 0.29) is 0 Å². The molecular formula is C15H18ClN3O. The molecule has 2 aromatic rings. The zero-order valence-electron chi connectivity index (χ0n) is 11.3. The van der Waals surface area contributed by atoms with Gasteiger partial charge >= 0.3 is 0 Å². The van der Waals surface area contributed by atoms with Gasteiger partial charge in [-0.1, -0.05) is 24.1 Å². The Bertz CT molecular complexity index is 564. The van der Waals surface area contributed by atoms with Crippen molar-refractivity contribution in [2.24, 2.45) is 0 Å². The first kappa shape index (κ1) is 13.5. The number of nitrogens with zero attached hydrogens (tertiary/aromatic N) is 2. The third kappa shape index (κ3) is 3.32. The van der Waals surface area contributed by atoms with E-state index in [9.17, 15) is 0 Å². The molecule has 0 spiro atoms. The second-order valence-corrected chi connectivity index (χ2v) is 5.49. The van der Waals surface area contributed by atoms with Gasteiger partial charge in [0, 0.05) is 11.1 Å². The third-order valence-corrected chi connectivity index (χ3v) is 3.73. The second kappa shape index (κ2) is 6.29. The number of rotatable bonds is 4. The lowest BCUT2D eigenvalue weighted by Crippen LogP contribution is -2.38. The largest absolute Gasteiger partial charge is 0.489 e. The highest BCUT2D eigenvalue weighted by Crippen LogP contribution is 2.18. The Morgan fingerprint density at radius 3 is 3.15 bits per heavy atom. The summed E-state index contributed by atoms with van der Waals surface area (Å²) in [5.41, 5.74) is 0.933. The Balaban J connectivity index is 1.61. The Morgan fingerprint density at radius 2 is 2.35 bits per heavy atom. The van der Waals surface area contributed by atoms with E-state index >= 15 is 0 Å². The monoisotopic (exact) mass is 291 g/mol. The van der Waals surface area contributed by atoms with Gasteiger partial charge in [-0.2, -0.15) is 5.10 Å². The summed E-state index contributed by atoms with van der Waals surface area (Å²) in [5, 5.41) is 8.47. The van der Waals surface area contributed by atoms with E-state index in [4.69, 9.17) is 16.3 Å². The molecule has 1 aromatic carbocycles. The van der Waals surface area contributed by atoms with E-state index < -0.39 is 0 Å². The average molecular weight is 292 g/mol. The molecular weight excluding hydrogens is 274 g/mol. The highest BCUT2D eigenvalue weighted by Gasteiger charge is 2.13. The number of halogens is 1. The van der Waals surface area contributed by atoms with Crippen LogP contribution in [0.1, 0.15) is 19.3 Å². The van der Waals surface area contributed by atoms with Crippen LogP contribution < -0.4 is 10.1 Å². The molecule has 1 aliphatic rings. The van der Waals surface area contributed by atoms with E-state index in [1.165, 1.54) is 19.3 Å².